The van der Waals surface area contributed by atoms with Crippen molar-refractivity contribution in [1.82, 2.24) is 25.0 Å². The Morgan fingerprint density at radius 1 is 0.867 bits per heavy atom. The van der Waals surface area contributed by atoms with Gasteiger partial charge in [0, 0.05) is 121 Å². The van der Waals surface area contributed by atoms with Crippen molar-refractivity contribution in [2.45, 2.75) is 50.8 Å². The van der Waals surface area contributed by atoms with Gasteiger partial charge in [-0.2, -0.15) is 5.10 Å². The van der Waals surface area contributed by atoms with E-state index >= 15 is 4.39 Å². The summed E-state index contributed by atoms with van der Waals surface area (Å²) in [5, 5.41) is 11.7. The van der Waals surface area contributed by atoms with E-state index in [-0.39, 0.29) is 34.5 Å². The molecule has 0 aliphatic carbocycles. The fourth-order valence-corrected chi connectivity index (χ4v) is 9.99. The third kappa shape index (κ3) is 8.76. The Morgan fingerprint density at radius 3 is 2.15 bits per heavy atom. The van der Waals surface area contributed by atoms with Gasteiger partial charge in [-0.1, -0.05) is 18.5 Å². The van der Waals surface area contributed by atoms with Gasteiger partial charge >= 0.3 is 6.03 Å². The van der Waals surface area contributed by atoms with Crippen LogP contribution < -0.4 is 25.2 Å². The minimum atomic E-state index is -4.10. The molecule has 60 heavy (non-hydrogen) atoms. The van der Waals surface area contributed by atoms with Gasteiger partial charge in [-0.05, 0) is 105 Å². The lowest BCUT2D eigenvalue weighted by molar-refractivity contribution is -0.120. The third-order valence-electron chi connectivity index (χ3n) is 12.1. The number of carbonyl (C=O) groups excluding carboxylic acids is 2. The van der Waals surface area contributed by atoms with Crippen LogP contribution in [0.5, 0.6) is 0 Å². The standard InChI is InChI=1S/C44H49ClFN9O4S/c1-3-40(60(47,58)59)38-25-32(45)24-37(42(38)46)39-28-55(50-43(39)31-12-17-48-18-13-31)36-10-6-34(7-11-36)53-23-22-52(29(2)26-53)27-30-14-19-51(20-15-30)33-4-8-35(9-5-33)54-21-16-41(56)49-44(54)57/h4-13,17-18,24-25,28-30,40H,3,14-16,19-23,26-27H2,1-2H3,(H2,47,58,59)(H,49,56,57)/t29-,40?/m0/s1. The van der Waals surface area contributed by atoms with Crippen molar-refractivity contribution in [3.05, 3.63) is 108 Å². The van der Waals surface area contributed by atoms with Crippen LogP contribution in [0.4, 0.5) is 26.2 Å². The number of nitrogens with zero attached hydrogens (tertiary/aromatic N) is 7. The van der Waals surface area contributed by atoms with Crippen molar-refractivity contribution < 1.29 is 22.4 Å². The number of piperazine rings is 1. The molecule has 3 aromatic carbocycles. The lowest BCUT2D eigenvalue weighted by Gasteiger charge is -2.43. The van der Waals surface area contributed by atoms with Gasteiger partial charge in [-0.25, -0.2) is 27.4 Å². The lowest BCUT2D eigenvalue weighted by Crippen LogP contribution is -2.53. The molecular weight excluding hydrogens is 805 g/mol. The Balaban J connectivity index is 0.910. The quantitative estimate of drug-likeness (QED) is 0.143. The number of urea groups is 1. The molecule has 0 saturated carbocycles. The van der Waals surface area contributed by atoms with E-state index < -0.39 is 21.1 Å². The average Bonchev–Trinajstić information content (AvgIpc) is 3.69. The molecular formula is C44H49ClFN9O4S. The van der Waals surface area contributed by atoms with E-state index in [4.69, 9.17) is 21.8 Å². The molecule has 0 radical (unpaired) electrons. The zero-order valence-corrected chi connectivity index (χ0v) is 35.2. The van der Waals surface area contributed by atoms with Crippen LogP contribution in [0.25, 0.3) is 28.1 Å². The number of anilines is 3. The maximum Gasteiger partial charge on any atom is 0.328 e. The first kappa shape index (κ1) is 41.4. The highest BCUT2D eigenvalue weighted by Gasteiger charge is 2.31. The number of hydrogen-bond acceptors (Lipinski definition) is 9. The van der Waals surface area contributed by atoms with Crippen molar-refractivity contribution >= 4 is 50.6 Å². The number of piperidine rings is 1. The first-order valence-corrected chi connectivity index (χ1v) is 22.4. The van der Waals surface area contributed by atoms with E-state index in [0.717, 1.165) is 74.9 Å². The van der Waals surface area contributed by atoms with Gasteiger partial charge in [-0.15, -0.1) is 0 Å². The number of primary sulfonamides is 1. The molecule has 16 heteroatoms. The van der Waals surface area contributed by atoms with Gasteiger partial charge in [0.05, 0.1) is 5.69 Å². The monoisotopic (exact) mass is 853 g/mol. The van der Waals surface area contributed by atoms with Crippen LogP contribution in [-0.2, 0) is 14.8 Å². The van der Waals surface area contributed by atoms with E-state index in [1.165, 1.54) is 12.1 Å². The number of nitrogens with one attached hydrogen (secondary N) is 1. The summed E-state index contributed by atoms with van der Waals surface area (Å²) >= 11 is 6.49. The summed E-state index contributed by atoms with van der Waals surface area (Å²) in [6, 6.07) is 22.6. The Labute approximate surface area is 355 Å². The number of sulfonamides is 1. The first-order valence-electron chi connectivity index (χ1n) is 20.4. The van der Waals surface area contributed by atoms with E-state index in [0.29, 0.717) is 41.7 Å². The third-order valence-corrected chi connectivity index (χ3v) is 13.7. The Hall–Kier alpha value is -5.35. The van der Waals surface area contributed by atoms with Gasteiger partial charge in [0.25, 0.3) is 0 Å². The minimum Gasteiger partial charge on any atom is -0.372 e. The highest BCUT2D eigenvalue weighted by atomic mass is 35.5. The van der Waals surface area contributed by atoms with Crippen LogP contribution in [0, 0.1) is 11.7 Å². The topological polar surface area (TPSA) is 150 Å². The maximum atomic E-state index is 16.4. The number of imide groups is 1. The molecule has 2 atom stereocenters. The maximum absolute atomic E-state index is 16.4. The van der Waals surface area contributed by atoms with Gasteiger partial charge < -0.3 is 9.80 Å². The van der Waals surface area contributed by atoms with Crippen molar-refractivity contribution in [2.75, 3.05) is 60.5 Å². The highest BCUT2D eigenvalue weighted by Crippen LogP contribution is 2.39. The van der Waals surface area contributed by atoms with Gasteiger partial charge in [-0.3, -0.25) is 24.9 Å². The summed E-state index contributed by atoms with van der Waals surface area (Å²) in [5.74, 6) is -0.325. The molecule has 3 amide bonds. The molecule has 3 saturated heterocycles. The van der Waals surface area contributed by atoms with Crippen LogP contribution in [0.3, 0.4) is 0 Å². The fourth-order valence-electron chi connectivity index (χ4n) is 8.77. The molecule has 3 aliphatic rings. The molecule has 0 spiro atoms. The molecule has 3 N–H and O–H groups in total. The van der Waals surface area contributed by atoms with E-state index in [1.54, 1.807) is 47.2 Å². The zero-order valence-electron chi connectivity index (χ0n) is 33.7. The van der Waals surface area contributed by atoms with E-state index in [1.807, 2.05) is 24.3 Å². The molecule has 8 rings (SSSR count). The van der Waals surface area contributed by atoms with Crippen molar-refractivity contribution in [2.24, 2.45) is 11.1 Å². The minimum absolute atomic E-state index is 0.0774. The van der Waals surface area contributed by atoms with Gasteiger partial charge in [0.1, 0.15) is 16.8 Å². The number of halogens is 2. The summed E-state index contributed by atoms with van der Waals surface area (Å²) in [7, 11) is -4.10. The normalized spacial score (nSPS) is 18.8. The molecule has 314 valence electrons. The SMILES string of the molecule is CCC(c1cc(Cl)cc(-c2cn(-c3ccc(N4CCN(CC5CCN(c6ccc(N7CCC(=O)NC7=O)cc6)CC5)[C@@H](C)C4)cc3)nc2-c2ccncc2)c1F)S(N)(=O)=O. The number of aromatic nitrogens is 3. The molecule has 13 nitrogen and oxygen atoms in total. The zero-order chi connectivity index (χ0) is 42.1. The molecule has 5 aromatic rings. The van der Waals surface area contributed by atoms with E-state index in [2.05, 4.69) is 56.2 Å². The summed E-state index contributed by atoms with van der Waals surface area (Å²) in [6.45, 7) is 10.1. The Morgan fingerprint density at radius 2 is 1.52 bits per heavy atom. The van der Waals surface area contributed by atoms with Crippen LogP contribution >= 0.6 is 11.6 Å². The second-order valence-corrected chi connectivity index (χ2v) is 18.1. The molecule has 3 fully saturated rings. The van der Waals surface area contributed by atoms with Crippen LogP contribution in [0.2, 0.25) is 5.02 Å². The number of pyridine rings is 1. The molecule has 2 aromatic heterocycles. The molecule has 3 aliphatic heterocycles. The fraction of sp³-hybridized carbons (Fsp3) is 0.364. The van der Waals surface area contributed by atoms with Crippen LogP contribution in [0.15, 0.2) is 91.4 Å². The summed E-state index contributed by atoms with van der Waals surface area (Å²) in [5.41, 5.74) is 5.54. The number of amides is 3. The number of benzene rings is 3. The summed E-state index contributed by atoms with van der Waals surface area (Å²) in [4.78, 5) is 37.0. The number of carbonyl (C=O) groups is 2. The van der Waals surface area contributed by atoms with Crippen molar-refractivity contribution in [3.8, 4) is 28.1 Å². The second-order valence-electron chi connectivity index (χ2n) is 15.9. The Kier molecular flexibility index (Phi) is 12.0. The van der Waals surface area contributed by atoms with Crippen molar-refractivity contribution in [3.63, 3.8) is 0 Å². The van der Waals surface area contributed by atoms with Gasteiger partial charge in [0.2, 0.25) is 15.9 Å². The smallest absolute Gasteiger partial charge is 0.328 e. The van der Waals surface area contributed by atoms with Crippen molar-refractivity contribution in [1.29, 1.82) is 0 Å². The molecule has 1 unspecified atom stereocenters. The predicted molar refractivity (Wildman–Crippen MR) is 233 cm³/mol. The van der Waals surface area contributed by atoms with Crippen LogP contribution in [-0.4, -0.2) is 91.9 Å². The number of hydrogen-bond donors (Lipinski definition) is 2. The number of rotatable bonds is 11. The number of nitrogens with two attached hydrogens (primary N) is 1. The summed E-state index contributed by atoms with van der Waals surface area (Å²) in [6.07, 6.45) is 7.64. The molecule has 0 bridgehead atoms. The van der Waals surface area contributed by atoms with Crippen LogP contribution in [0.1, 0.15) is 50.3 Å². The highest BCUT2D eigenvalue weighted by molar-refractivity contribution is 7.89. The first-order chi connectivity index (χ1) is 28.9. The lowest BCUT2D eigenvalue weighted by atomic mass is 9.94. The summed E-state index contributed by atoms with van der Waals surface area (Å²) < 4.78 is 42.9. The average molecular weight is 854 g/mol. The largest absolute Gasteiger partial charge is 0.372 e. The predicted octanol–water partition coefficient (Wildman–Crippen LogP) is 7.01. The van der Waals surface area contributed by atoms with E-state index in [9.17, 15) is 18.0 Å². The van der Waals surface area contributed by atoms with Gasteiger partial charge in [0.15, 0.2) is 0 Å². The second kappa shape index (κ2) is 17.3. The Bertz CT molecular complexity index is 2460. The molecule has 5 heterocycles.